The maximum absolute atomic E-state index is 13.1. The minimum absolute atomic E-state index is 0.0513. The lowest BCUT2D eigenvalue weighted by Crippen LogP contribution is -2.29. The molecule has 0 aromatic heterocycles. The molecule has 1 amide bonds. The van der Waals surface area contributed by atoms with Gasteiger partial charge in [0.2, 0.25) is 0 Å². The van der Waals surface area contributed by atoms with Crippen LogP contribution in [0.25, 0.3) is 5.76 Å². The van der Waals surface area contributed by atoms with Gasteiger partial charge in [-0.25, -0.2) is 0 Å². The fourth-order valence-electron chi connectivity index (χ4n) is 3.73. The molecule has 0 spiro atoms. The zero-order valence-electron chi connectivity index (χ0n) is 16.4. The van der Waals surface area contributed by atoms with Gasteiger partial charge < -0.3 is 5.11 Å². The average Bonchev–Trinajstić information content (AvgIpc) is 3.04. The molecule has 0 aliphatic carbocycles. The molecule has 1 aliphatic rings. The number of para-hydroxylation sites is 1. The number of carbonyl (C=O) groups excluding carboxylic acids is 2. The van der Waals surface area contributed by atoms with Gasteiger partial charge in [0.25, 0.3) is 11.7 Å². The molecule has 1 unspecified atom stereocenters. The van der Waals surface area contributed by atoms with Gasteiger partial charge in [0.05, 0.1) is 11.6 Å². The quantitative estimate of drug-likeness (QED) is 0.345. The number of amides is 1. The normalized spacial score (nSPS) is 18.1. The summed E-state index contributed by atoms with van der Waals surface area (Å²) in [4.78, 5) is 27.5. The average molecular weight is 418 g/mol. The number of hydrogen-bond acceptors (Lipinski definition) is 3. The zero-order chi connectivity index (χ0) is 21.3. The van der Waals surface area contributed by atoms with Crippen molar-refractivity contribution in [2.24, 2.45) is 0 Å². The summed E-state index contributed by atoms with van der Waals surface area (Å²) in [5.74, 6) is -1.63. The minimum Gasteiger partial charge on any atom is -0.507 e. The maximum Gasteiger partial charge on any atom is 0.300 e. The number of aliphatic hydroxyl groups is 1. The highest BCUT2D eigenvalue weighted by atomic mass is 35.5. The Kier molecular flexibility index (Phi) is 5.42. The molecule has 4 rings (SSSR count). The van der Waals surface area contributed by atoms with E-state index in [1.54, 1.807) is 36.4 Å². The molecule has 0 bridgehead atoms. The number of hydrogen-bond donors (Lipinski definition) is 1. The molecule has 3 aromatic carbocycles. The maximum atomic E-state index is 13.1. The molecule has 30 heavy (non-hydrogen) atoms. The smallest absolute Gasteiger partial charge is 0.300 e. The fourth-order valence-corrected chi connectivity index (χ4v) is 3.92. The zero-order valence-corrected chi connectivity index (χ0v) is 17.1. The molecular weight excluding hydrogens is 398 g/mol. The number of nitrogens with zero attached hydrogens (tertiary/aromatic N) is 1. The Morgan fingerprint density at radius 2 is 1.67 bits per heavy atom. The number of benzene rings is 3. The van der Waals surface area contributed by atoms with Crippen LogP contribution in [0.3, 0.4) is 0 Å². The molecule has 1 saturated heterocycles. The molecule has 1 aliphatic heterocycles. The van der Waals surface area contributed by atoms with Crippen LogP contribution in [0.4, 0.5) is 5.69 Å². The van der Waals surface area contributed by atoms with Crippen LogP contribution in [0.15, 0.2) is 84.4 Å². The monoisotopic (exact) mass is 417 g/mol. The molecule has 1 atom stereocenters. The molecule has 150 valence electrons. The first-order valence-electron chi connectivity index (χ1n) is 9.72. The third kappa shape index (κ3) is 3.51. The topological polar surface area (TPSA) is 57.6 Å². The van der Waals surface area contributed by atoms with Gasteiger partial charge >= 0.3 is 0 Å². The second-order valence-electron chi connectivity index (χ2n) is 7.11. The number of aliphatic hydroxyl groups excluding tert-OH is 1. The summed E-state index contributed by atoms with van der Waals surface area (Å²) in [6.45, 7) is 2.06. The number of anilines is 1. The van der Waals surface area contributed by atoms with Gasteiger partial charge in [-0.05, 0) is 41.8 Å². The van der Waals surface area contributed by atoms with Gasteiger partial charge in [0.15, 0.2) is 0 Å². The van der Waals surface area contributed by atoms with Gasteiger partial charge in [-0.3, -0.25) is 14.5 Å². The van der Waals surface area contributed by atoms with Crippen molar-refractivity contribution in [1.29, 1.82) is 0 Å². The van der Waals surface area contributed by atoms with Gasteiger partial charge in [-0.1, -0.05) is 73.1 Å². The van der Waals surface area contributed by atoms with Crippen LogP contribution >= 0.6 is 11.6 Å². The number of aryl methyl sites for hydroxylation is 1. The highest BCUT2D eigenvalue weighted by Gasteiger charge is 2.46. The van der Waals surface area contributed by atoms with Crippen molar-refractivity contribution < 1.29 is 14.7 Å². The van der Waals surface area contributed by atoms with Crippen molar-refractivity contribution in [2.75, 3.05) is 4.90 Å². The highest BCUT2D eigenvalue weighted by Crippen LogP contribution is 2.42. The lowest BCUT2D eigenvalue weighted by molar-refractivity contribution is -0.132. The van der Waals surface area contributed by atoms with Gasteiger partial charge in [0, 0.05) is 16.3 Å². The third-order valence-corrected chi connectivity index (χ3v) is 5.52. The summed E-state index contributed by atoms with van der Waals surface area (Å²) in [5, 5.41) is 11.5. The van der Waals surface area contributed by atoms with Crippen LogP contribution in [0.2, 0.25) is 5.02 Å². The van der Waals surface area contributed by atoms with Crippen molar-refractivity contribution in [3.05, 3.63) is 106 Å². The number of ketones is 1. The summed E-state index contributed by atoms with van der Waals surface area (Å²) in [6.07, 6.45) is 0.877. The Morgan fingerprint density at radius 3 is 2.30 bits per heavy atom. The summed E-state index contributed by atoms with van der Waals surface area (Å²) in [7, 11) is 0. The summed E-state index contributed by atoms with van der Waals surface area (Å²) in [5.41, 5.74) is 2.93. The number of rotatable bonds is 4. The van der Waals surface area contributed by atoms with Crippen molar-refractivity contribution in [1.82, 2.24) is 0 Å². The fraction of sp³-hybridized carbons (Fsp3) is 0.120. The van der Waals surface area contributed by atoms with E-state index in [4.69, 9.17) is 11.6 Å². The lowest BCUT2D eigenvalue weighted by Gasteiger charge is -2.25. The molecule has 0 saturated carbocycles. The van der Waals surface area contributed by atoms with Crippen molar-refractivity contribution in [3.63, 3.8) is 0 Å². The molecule has 1 N–H and O–H groups in total. The third-order valence-electron chi connectivity index (χ3n) is 5.28. The Balaban J connectivity index is 1.94. The van der Waals surface area contributed by atoms with Crippen LogP contribution < -0.4 is 4.90 Å². The van der Waals surface area contributed by atoms with Crippen LogP contribution in [0, 0.1) is 0 Å². The van der Waals surface area contributed by atoms with Crippen LogP contribution in [-0.4, -0.2) is 16.8 Å². The highest BCUT2D eigenvalue weighted by molar-refractivity contribution is 6.51. The molecule has 1 fully saturated rings. The first-order valence-corrected chi connectivity index (χ1v) is 10.1. The van der Waals surface area contributed by atoms with Gasteiger partial charge in [-0.15, -0.1) is 0 Å². The second-order valence-corrected chi connectivity index (χ2v) is 7.55. The first-order chi connectivity index (χ1) is 14.5. The standard InChI is InChI=1S/C25H20ClNO3/c1-2-16-11-13-17(14-12-16)22-21(23(28)18-7-6-8-19(26)15-18)24(29)25(30)27(22)20-9-4-3-5-10-20/h3-15,22,28H,2H2,1H3/b23-21-. The van der Waals surface area contributed by atoms with Gasteiger partial charge in [-0.2, -0.15) is 0 Å². The first kappa shape index (κ1) is 19.9. The van der Waals surface area contributed by atoms with E-state index in [2.05, 4.69) is 6.92 Å². The van der Waals surface area contributed by atoms with Crippen molar-refractivity contribution in [2.45, 2.75) is 19.4 Å². The SMILES string of the molecule is CCc1ccc(C2/C(=C(/O)c3cccc(Cl)c3)C(=O)C(=O)N2c2ccccc2)cc1. The van der Waals surface area contributed by atoms with E-state index in [1.165, 1.54) is 4.90 Å². The van der Waals surface area contributed by atoms with E-state index in [9.17, 15) is 14.7 Å². The van der Waals surface area contributed by atoms with Gasteiger partial charge in [0.1, 0.15) is 5.76 Å². The number of Topliss-reactive ketones (excluding diaryl/α,β-unsaturated/α-hetero) is 1. The van der Waals surface area contributed by atoms with E-state index in [-0.39, 0.29) is 11.3 Å². The van der Waals surface area contributed by atoms with E-state index >= 15 is 0 Å². The minimum atomic E-state index is -0.739. The van der Waals surface area contributed by atoms with Crippen LogP contribution in [0.1, 0.15) is 29.7 Å². The van der Waals surface area contributed by atoms with E-state index in [1.807, 2.05) is 42.5 Å². The Bertz CT molecular complexity index is 1140. The Hall–Kier alpha value is -3.37. The molecule has 3 aromatic rings. The number of carbonyl (C=O) groups is 2. The molecule has 0 radical (unpaired) electrons. The van der Waals surface area contributed by atoms with Crippen LogP contribution in [0.5, 0.6) is 0 Å². The van der Waals surface area contributed by atoms with Crippen molar-refractivity contribution >= 4 is 34.7 Å². The summed E-state index contributed by atoms with van der Waals surface area (Å²) >= 11 is 6.08. The number of halogens is 1. The van der Waals surface area contributed by atoms with Crippen LogP contribution in [-0.2, 0) is 16.0 Å². The van der Waals surface area contributed by atoms with E-state index in [0.29, 0.717) is 16.3 Å². The predicted molar refractivity (Wildman–Crippen MR) is 118 cm³/mol. The summed E-state index contributed by atoms with van der Waals surface area (Å²) in [6, 6.07) is 22.6. The Morgan fingerprint density at radius 1 is 0.967 bits per heavy atom. The molecule has 1 heterocycles. The Labute approximate surface area is 180 Å². The molecule has 4 nitrogen and oxygen atoms in total. The second kappa shape index (κ2) is 8.17. The largest absolute Gasteiger partial charge is 0.507 e. The molecular formula is C25H20ClNO3. The van der Waals surface area contributed by atoms with E-state index in [0.717, 1.165) is 17.5 Å². The van der Waals surface area contributed by atoms with E-state index < -0.39 is 17.7 Å². The van der Waals surface area contributed by atoms with Crippen molar-refractivity contribution in [3.8, 4) is 0 Å². The molecule has 5 heteroatoms. The lowest BCUT2D eigenvalue weighted by atomic mass is 9.94. The predicted octanol–water partition coefficient (Wildman–Crippen LogP) is 5.53. The summed E-state index contributed by atoms with van der Waals surface area (Å²) < 4.78 is 0.